The lowest BCUT2D eigenvalue weighted by molar-refractivity contribution is 0.0225. The monoisotopic (exact) mass is 250 g/mol. The standard InChI is InChI=1S/C15H22O3/c16-14-9-4-5-10-15(14)18-12-6-11-17-13-7-2-1-3-8-13/h4-5,9-10,13,16H,1-3,6-8,11-12H2. The fraction of sp³-hybridized carbons (Fsp3) is 0.600. The molecule has 1 N–H and O–H groups in total. The van der Waals surface area contributed by atoms with Crippen molar-refractivity contribution in [3.05, 3.63) is 24.3 Å². The molecule has 3 nitrogen and oxygen atoms in total. The van der Waals surface area contributed by atoms with E-state index in [1.165, 1.54) is 32.1 Å². The lowest BCUT2D eigenvalue weighted by atomic mass is 9.98. The Morgan fingerprint density at radius 2 is 1.83 bits per heavy atom. The lowest BCUT2D eigenvalue weighted by Gasteiger charge is -2.21. The van der Waals surface area contributed by atoms with Crippen molar-refractivity contribution in [3.63, 3.8) is 0 Å². The Kier molecular flexibility index (Phi) is 5.34. The van der Waals surface area contributed by atoms with E-state index in [4.69, 9.17) is 9.47 Å². The number of ether oxygens (including phenoxy) is 2. The number of phenols is 1. The van der Waals surface area contributed by atoms with Crippen molar-refractivity contribution in [1.29, 1.82) is 0 Å². The molecule has 1 fully saturated rings. The van der Waals surface area contributed by atoms with Gasteiger partial charge in [0, 0.05) is 6.42 Å². The number of phenolic OH excluding ortho intramolecular Hbond substituents is 1. The number of aromatic hydroxyl groups is 1. The van der Waals surface area contributed by atoms with E-state index in [0.29, 0.717) is 18.5 Å². The minimum absolute atomic E-state index is 0.200. The van der Waals surface area contributed by atoms with E-state index in [-0.39, 0.29) is 5.75 Å². The maximum absolute atomic E-state index is 9.51. The van der Waals surface area contributed by atoms with Crippen molar-refractivity contribution in [1.82, 2.24) is 0 Å². The first-order valence-electron chi connectivity index (χ1n) is 6.88. The molecule has 0 saturated heterocycles. The van der Waals surface area contributed by atoms with Crippen LogP contribution in [-0.4, -0.2) is 24.4 Å². The Bertz CT molecular complexity index is 345. The number of rotatable bonds is 6. The molecule has 100 valence electrons. The van der Waals surface area contributed by atoms with E-state index < -0.39 is 0 Å². The first-order chi connectivity index (χ1) is 8.86. The van der Waals surface area contributed by atoms with Gasteiger partial charge in [0.25, 0.3) is 0 Å². The van der Waals surface area contributed by atoms with Gasteiger partial charge in [-0.25, -0.2) is 0 Å². The van der Waals surface area contributed by atoms with Crippen LogP contribution in [0.3, 0.4) is 0 Å². The van der Waals surface area contributed by atoms with Crippen LogP contribution in [0, 0.1) is 0 Å². The summed E-state index contributed by atoms with van der Waals surface area (Å²) in [5.74, 6) is 0.751. The summed E-state index contributed by atoms with van der Waals surface area (Å²) in [6.45, 7) is 1.34. The summed E-state index contributed by atoms with van der Waals surface area (Å²) in [6, 6.07) is 7.05. The molecule has 0 atom stereocenters. The van der Waals surface area contributed by atoms with E-state index in [0.717, 1.165) is 13.0 Å². The van der Waals surface area contributed by atoms with Crippen LogP contribution < -0.4 is 4.74 Å². The zero-order valence-electron chi connectivity index (χ0n) is 10.8. The summed E-state index contributed by atoms with van der Waals surface area (Å²) in [6.07, 6.45) is 7.71. The first kappa shape index (κ1) is 13.2. The average molecular weight is 250 g/mol. The molecule has 0 spiro atoms. The van der Waals surface area contributed by atoms with E-state index in [1.807, 2.05) is 6.07 Å². The van der Waals surface area contributed by atoms with Crippen molar-refractivity contribution < 1.29 is 14.6 Å². The molecule has 0 bridgehead atoms. The van der Waals surface area contributed by atoms with E-state index in [9.17, 15) is 5.11 Å². The van der Waals surface area contributed by atoms with Gasteiger partial charge in [0.15, 0.2) is 11.5 Å². The maximum Gasteiger partial charge on any atom is 0.160 e. The molecule has 1 saturated carbocycles. The van der Waals surface area contributed by atoms with E-state index in [1.54, 1.807) is 18.2 Å². The number of hydrogen-bond donors (Lipinski definition) is 1. The number of para-hydroxylation sites is 2. The van der Waals surface area contributed by atoms with Crippen molar-refractivity contribution in [2.75, 3.05) is 13.2 Å². The summed E-state index contributed by atoms with van der Waals surface area (Å²) in [4.78, 5) is 0. The molecule has 1 aromatic rings. The van der Waals surface area contributed by atoms with Gasteiger partial charge in [-0.15, -0.1) is 0 Å². The normalized spacial score (nSPS) is 16.7. The van der Waals surface area contributed by atoms with Crippen molar-refractivity contribution >= 4 is 0 Å². The molecule has 1 aliphatic rings. The van der Waals surface area contributed by atoms with Gasteiger partial charge in [-0.05, 0) is 25.0 Å². The molecule has 0 aromatic heterocycles. The van der Waals surface area contributed by atoms with Gasteiger partial charge in [0.05, 0.1) is 19.3 Å². The quantitative estimate of drug-likeness (QED) is 0.785. The summed E-state index contributed by atoms with van der Waals surface area (Å²) >= 11 is 0. The van der Waals surface area contributed by atoms with Crippen molar-refractivity contribution in [2.45, 2.75) is 44.6 Å². The third kappa shape index (κ3) is 4.22. The van der Waals surface area contributed by atoms with Gasteiger partial charge in [0.2, 0.25) is 0 Å². The largest absolute Gasteiger partial charge is 0.504 e. The van der Waals surface area contributed by atoms with Gasteiger partial charge in [-0.3, -0.25) is 0 Å². The second kappa shape index (κ2) is 7.27. The minimum atomic E-state index is 0.200. The highest BCUT2D eigenvalue weighted by Gasteiger charge is 2.13. The molecule has 0 heterocycles. The summed E-state index contributed by atoms with van der Waals surface area (Å²) in [5, 5.41) is 9.51. The SMILES string of the molecule is Oc1ccccc1OCCCOC1CCCCC1. The summed E-state index contributed by atoms with van der Waals surface area (Å²) in [5.41, 5.74) is 0. The highest BCUT2D eigenvalue weighted by Crippen LogP contribution is 2.24. The Hall–Kier alpha value is -1.22. The van der Waals surface area contributed by atoms with E-state index >= 15 is 0 Å². The molecule has 18 heavy (non-hydrogen) atoms. The predicted molar refractivity (Wildman–Crippen MR) is 71.0 cm³/mol. The maximum atomic E-state index is 9.51. The Morgan fingerprint density at radius 3 is 2.61 bits per heavy atom. The predicted octanol–water partition coefficient (Wildman–Crippen LogP) is 3.51. The van der Waals surface area contributed by atoms with Crippen LogP contribution in [-0.2, 0) is 4.74 Å². The van der Waals surface area contributed by atoms with Gasteiger partial charge >= 0.3 is 0 Å². The van der Waals surface area contributed by atoms with Gasteiger partial charge in [0.1, 0.15) is 0 Å². The summed E-state index contributed by atoms with van der Waals surface area (Å²) < 4.78 is 11.3. The Labute approximate surface area is 109 Å². The summed E-state index contributed by atoms with van der Waals surface area (Å²) in [7, 11) is 0. The van der Waals surface area contributed by atoms with Crippen LogP contribution in [0.1, 0.15) is 38.5 Å². The second-order valence-electron chi connectivity index (χ2n) is 4.80. The minimum Gasteiger partial charge on any atom is -0.504 e. The highest BCUT2D eigenvalue weighted by molar-refractivity contribution is 5.37. The van der Waals surface area contributed by atoms with Gasteiger partial charge in [-0.1, -0.05) is 31.4 Å². The van der Waals surface area contributed by atoms with Crippen LogP contribution in [0.25, 0.3) is 0 Å². The van der Waals surface area contributed by atoms with Crippen molar-refractivity contribution in [3.8, 4) is 11.5 Å². The van der Waals surface area contributed by atoms with Crippen molar-refractivity contribution in [2.24, 2.45) is 0 Å². The molecular formula is C15H22O3. The fourth-order valence-corrected chi connectivity index (χ4v) is 2.30. The third-order valence-electron chi connectivity index (χ3n) is 3.32. The van der Waals surface area contributed by atoms with Crippen LogP contribution >= 0.6 is 0 Å². The number of benzene rings is 1. The van der Waals surface area contributed by atoms with Crippen LogP contribution in [0.4, 0.5) is 0 Å². The first-order valence-corrected chi connectivity index (χ1v) is 6.88. The van der Waals surface area contributed by atoms with Crippen LogP contribution in [0.15, 0.2) is 24.3 Å². The third-order valence-corrected chi connectivity index (χ3v) is 3.32. The fourth-order valence-electron chi connectivity index (χ4n) is 2.30. The topological polar surface area (TPSA) is 38.7 Å². The zero-order chi connectivity index (χ0) is 12.6. The second-order valence-corrected chi connectivity index (χ2v) is 4.80. The highest BCUT2D eigenvalue weighted by atomic mass is 16.5. The molecule has 2 rings (SSSR count). The molecule has 3 heteroatoms. The molecule has 1 aromatic carbocycles. The van der Waals surface area contributed by atoms with Crippen LogP contribution in [0.2, 0.25) is 0 Å². The molecule has 1 aliphatic carbocycles. The van der Waals surface area contributed by atoms with Gasteiger partial charge < -0.3 is 14.6 Å². The molecule has 0 unspecified atom stereocenters. The molecular weight excluding hydrogens is 228 g/mol. The molecule has 0 amide bonds. The molecule has 0 radical (unpaired) electrons. The smallest absolute Gasteiger partial charge is 0.160 e. The Balaban J connectivity index is 1.57. The Morgan fingerprint density at radius 1 is 1.06 bits per heavy atom. The van der Waals surface area contributed by atoms with Gasteiger partial charge in [-0.2, -0.15) is 0 Å². The average Bonchev–Trinajstić information content (AvgIpc) is 2.42. The lowest BCUT2D eigenvalue weighted by Crippen LogP contribution is -2.18. The zero-order valence-corrected chi connectivity index (χ0v) is 10.8. The van der Waals surface area contributed by atoms with E-state index in [2.05, 4.69) is 0 Å². The number of hydrogen-bond acceptors (Lipinski definition) is 3. The molecule has 0 aliphatic heterocycles. The van der Waals surface area contributed by atoms with Crippen LogP contribution in [0.5, 0.6) is 11.5 Å².